The van der Waals surface area contributed by atoms with Crippen LogP contribution in [0.1, 0.15) is 23.5 Å². The summed E-state index contributed by atoms with van der Waals surface area (Å²) in [6.07, 6.45) is 2.50. The molecule has 134 valence electrons. The molecule has 0 spiro atoms. The number of carbonyl (C=O) groups is 1. The molecule has 8 heteroatoms. The number of rotatable bonds is 6. The third-order valence-electron chi connectivity index (χ3n) is 4.28. The van der Waals surface area contributed by atoms with Crippen molar-refractivity contribution in [1.29, 1.82) is 0 Å². The second kappa shape index (κ2) is 6.80. The molecule has 0 radical (unpaired) electrons. The minimum absolute atomic E-state index is 0.0237. The van der Waals surface area contributed by atoms with E-state index in [0.717, 1.165) is 10.4 Å². The fourth-order valence-electron chi connectivity index (χ4n) is 3.06. The molecular formula is C18H18N4O3S. The molecule has 4 rings (SSSR count). The van der Waals surface area contributed by atoms with E-state index in [4.69, 9.17) is 4.42 Å². The summed E-state index contributed by atoms with van der Waals surface area (Å²) in [5, 5.41) is 9.25. The van der Waals surface area contributed by atoms with Gasteiger partial charge in [-0.1, -0.05) is 6.07 Å². The zero-order valence-corrected chi connectivity index (χ0v) is 15.1. The van der Waals surface area contributed by atoms with E-state index in [-0.39, 0.29) is 11.5 Å². The molecule has 0 saturated heterocycles. The molecule has 4 aromatic rings. The molecule has 0 bridgehead atoms. The summed E-state index contributed by atoms with van der Waals surface area (Å²) in [7, 11) is 0. The van der Waals surface area contributed by atoms with E-state index in [1.807, 2.05) is 30.5 Å². The summed E-state index contributed by atoms with van der Waals surface area (Å²) < 4.78 is 8.60. The van der Waals surface area contributed by atoms with Crippen LogP contribution >= 0.6 is 11.3 Å². The second-order valence-corrected chi connectivity index (χ2v) is 7.10. The Morgan fingerprint density at radius 2 is 2.23 bits per heavy atom. The molecule has 1 amide bonds. The van der Waals surface area contributed by atoms with E-state index in [1.165, 1.54) is 4.68 Å². The summed E-state index contributed by atoms with van der Waals surface area (Å²) >= 11 is 1.61. The lowest BCUT2D eigenvalue weighted by Gasteiger charge is -2.08. The fraction of sp³-hybridized carbons (Fsp3) is 0.278. The summed E-state index contributed by atoms with van der Waals surface area (Å²) in [4.78, 5) is 25.7. The number of thiophene rings is 1. The Kier molecular flexibility index (Phi) is 4.34. The van der Waals surface area contributed by atoms with Gasteiger partial charge in [-0.2, -0.15) is 5.10 Å². The molecule has 4 heterocycles. The Labute approximate surface area is 152 Å². The topological polar surface area (TPSA) is 81.5 Å². The van der Waals surface area contributed by atoms with Crippen LogP contribution in [0.3, 0.4) is 0 Å². The first-order chi connectivity index (χ1) is 12.6. The molecule has 0 fully saturated rings. The van der Waals surface area contributed by atoms with Crippen LogP contribution in [0.15, 0.2) is 45.1 Å². The van der Waals surface area contributed by atoms with Crippen LogP contribution in [-0.2, 0) is 17.9 Å². The van der Waals surface area contributed by atoms with Crippen molar-refractivity contribution in [2.24, 2.45) is 0 Å². The van der Waals surface area contributed by atoms with Gasteiger partial charge >= 0.3 is 0 Å². The van der Waals surface area contributed by atoms with E-state index < -0.39 is 0 Å². The summed E-state index contributed by atoms with van der Waals surface area (Å²) in [6.45, 7) is 2.79. The van der Waals surface area contributed by atoms with Crippen LogP contribution in [0.25, 0.3) is 16.6 Å². The van der Waals surface area contributed by atoms with Gasteiger partial charge < -0.3 is 9.73 Å². The van der Waals surface area contributed by atoms with E-state index >= 15 is 0 Å². The monoisotopic (exact) mass is 370 g/mol. The molecule has 1 N–H and O–H groups in total. The molecular weight excluding hydrogens is 352 g/mol. The van der Waals surface area contributed by atoms with Gasteiger partial charge in [-0.3, -0.25) is 14.0 Å². The number of aryl methyl sites for hydroxylation is 2. The predicted octanol–water partition coefficient (Wildman–Crippen LogP) is 2.71. The zero-order valence-electron chi connectivity index (χ0n) is 14.3. The van der Waals surface area contributed by atoms with Gasteiger partial charge in [0, 0.05) is 30.0 Å². The first-order valence-electron chi connectivity index (χ1n) is 8.39. The third kappa shape index (κ3) is 3.03. The first kappa shape index (κ1) is 16.6. The van der Waals surface area contributed by atoms with Crippen LogP contribution in [0.4, 0.5) is 0 Å². The maximum Gasteiger partial charge on any atom is 0.291 e. The summed E-state index contributed by atoms with van der Waals surface area (Å²) in [5.41, 5.74) is 1.86. The number of furan rings is 1. The normalized spacial score (nSPS) is 11.4. The van der Waals surface area contributed by atoms with Gasteiger partial charge in [0.2, 0.25) is 5.91 Å². The van der Waals surface area contributed by atoms with Crippen molar-refractivity contribution in [2.75, 3.05) is 0 Å². The number of amides is 1. The number of nitrogens with one attached hydrogen (secondary N) is 1. The summed E-state index contributed by atoms with van der Waals surface area (Å²) in [6, 6.07) is 7.50. The Morgan fingerprint density at radius 1 is 1.35 bits per heavy atom. The average Bonchev–Trinajstić information content (AvgIpc) is 3.33. The standard InChI is InChI=1S/C18H18N4O3S/c1-12-20-21(7-2-5-17(23)19-11-13-4-3-9-26-13)18(24)15-10-16-14(22(12)15)6-8-25-16/h3-4,6,8-10H,2,5,7,11H2,1H3,(H,19,23). The number of hydrogen-bond acceptors (Lipinski definition) is 5. The quantitative estimate of drug-likeness (QED) is 0.566. The van der Waals surface area contributed by atoms with Crippen molar-refractivity contribution in [3.8, 4) is 0 Å². The van der Waals surface area contributed by atoms with E-state index in [2.05, 4.69) is 10.4 Å². The molecule has 0 unspecified atom stereocenters. The van der Waals surface area contributed by atoms with Gasteiger partial charge in [0.25, 0.3) is 5.56 Å². The number of fused-ring (bicyclic) bond motifs is 3. The van der Waals surface area contributed by atoms with Crippen LogP contribution in [0.2, 0.25) is 0 Å². The molecule has 0 saturated carbocycles. The number of hydrogen-bond donors (Lipinski definition) is 1. The van der Waals surface area contributed by atoms with Crippen molar-refractivity contribution in [1.82, 2.24) is 19.5 Å². The highest BCUT2D eigenvalue weighted by atomic mass is 32.1. The number of nitrogens with zero attached hydrogens (tertiary/aromatic N) is 3. The smallest absolute Gasteiger partial charge is 0.291 e. The average molecular weight is 370 g/mol. The molecule has 0 aliphatic rings. The molecule has 26 heavy (non-hydrogen) atoms. The lowest BCUT2D eigenvalue weighted by molar-refractivity contribution is -0.121. The van der Waals surface area contributed by atoms with Crippen molar-refractivity contribution in [3.63, 3.8) is 0 Å². The van der Waals surface area contributed by atoms with E-state index in [9.17, 15) is 9.59 Å². The summed E-state index contributed by atoms with van der Waals surface area (Å²) in [5.74, 6) is 0.683. The highest BCUT2D eigenvalue weighted by molar-refractivity contribution is 7.09. The van der Waals surface area contributed by atoms with Gasteiger partial charge in [0.15, 0.2) is 5.58 Å². The van der Waals surface area contributed by atoms with E-state index in [1.54, 1.807) is 28.1 Å². The van der Waals surface area contributed by atoms with Gasteiger partial charge in [0.05, 0.1) is 18.3 Å². The Hall–Kier alpha value is -2.87. The first-order valence-corrected chi connectivity index (χ1v) is 9.27. The van der Waals surface area contributed by atoms with Crippen molar-refractivity contribution in [2.45, 2.75) is 32.9 Å². The number of carbonyl (C=O) groups excluding carboxylic acids is 1. The highest BCUT2D eigenvalue weighted by Crippen LogP contribution is 2.19. The van der Waals surface area contributed by atoms with E-state index in [0.29, 0.717) is 42.9 Å². The maximum atomic E-state index is 12.6. The minimum atomic E-state index is -0.180. The van der Waals surface area contributed by atoms with Gasteiger partial charge in [-0.25, -0.2) is 4.68 Å². The Morgan fingerprint density at radius 3 is 3.04 bits per heavy atom. The van der Waals surface area contributed by atoms with Gasteiger partial charge in [0.1, 0.15) is 11.3 Å². The Bertz CT molecular complexity index is 1120. The van der Waals surface area contributed by atoms with Gasteiger partial charge in [-0.05, 0) is 24.8 Å². The largest absolute Gasteiger partial charge is 0.463 e. The number of aromatic nitrogens is 3. The second-order valence-electron chi connectivity index (χ2n) is 6.07. The van der Waals surface area contributed by atoms with Crippen LogP contribution in [0.5, 0.6) is 0 Å². The zero-order chi connectivity index (χ0) is 18.1. The molecule has 0 atom stereocenters. The van der Waals surface area contributed by atoms with Crippen LogP contribution < -0.4 is 10.9 Å². The molecule has 0 aliphatic heterocycles. The highest BCUT2D eigenvalue weighted by Gasteiger charge is 2.14. The van der Waals surface area contributed by atoms with Crippen molar-refractivity contribution >= 4 is 33.9 Å². The third-order valence-corrected chi connectivity index (χ3v) is 5.16. The maximum absolute atomic E-state index is 12.6. The molecule has 7 nitrogen and oxygen atoms in total. The fourth-order valence-corrected chi connectivity index (χ4v) is 3.70. The van der Waals surface area contributed by atoms with Crippen LogP contribution in [0, 0.1) is 6.92 Å². The Balaban J connectivity index is 1.43. The van der Waals surface area contributed by atoms with Crippen molar-refractivity contribution < 1.29 is 9.21 Å². The lowest BCUT2D eigenvalue weighted by atomic mass is 10.3. The molecule has 4 aromatic heterocycles. The van der Waals surface area contributed by atoms with Crippen molar-refractivity contribution in [3.05, 3.63) is 57.0 Å². The van der Waals surface area contributed by atoms with Gasteiger partial charge in [-0.15, -0.1) is 11.3 Å². The lowest BCUT2D eigenvalue weighted by Crippen LogP contribution is -2.27. The van der Waals surface area contributed by atoms with Crippen LogP contribution in [-0.4, -0.2) is 20.1 Å². The molecule has 0 aliphatic carbocycles. The minimum Gasteiger partial charge on any atom is -0.463 e. The molecule has 0 aromatic carbocycles. The predicted molar refractivity (Wildman–Crippen MR) is 99.4 cm³/mol. The SMILES string of the molecule is Cc1nn(CCCC(=O)NCc2cccs2)c(=O)c2cc3occc3n12.